The van der Waals surface area contributed by atoms with Gasteiger partial charge in [-0.15, -0.1) is 0 Å². The normalized spacial score (nSPS) is 10.5. The maximum atomic E-state index is 12.4. The van der Waals surface area contributed by atoms with Crippen LogP contribution < -0.4 is 5.32 Å². The van der Waals surface area contributed by atoms with Crippen LogP contribution in [0.15, 0.2) is 54.7 Å². The molecule has 0 spiro atoms. The van der Waals surface area contributed by atoms with Crippen LogP contribution in [0, 0.1) is 0 Å². The number of carbonyl (C=O) groups excluding carboxylic acids is 1. The first kappa shape index (κ1) is 13.4. The molecule has 5 heteroatoms. The number of aromatic hydroxyl groups is 1. The van der Waals surface area contributed by atoms with Gasteiger partial charge in [0.2, 0.25) is 0 Å². The van der Waals surface area contributed by atoms with Crippen LogP contribution in [0.4, 0.5) is 5.69 Å². The van der Waals surface area contributed by atoms with Crippen molar-refractivity contribution in [1.29, 1.82) is 0 Å². The van der Waals surface area contributed by atoms with Gasteiger partial charge >= 0.3 is 0 Å². The van der Waals surface area contributed by atoms with Gasteiger partial charge < -0.3 is 10.4 Å². The number of hydrogen-bond acceptors (Lipinski definition) is 3. The van der Waals surface area contributed by atoms with E-state index in [9.17, 15) is 9.90 Å². The summed E-state index contributed by atoms with van der Waals surface area (Å²) in [4.78, 5) is 16.6. The maximum Gasteiger partial charge on any atom is 0.256 e. The summed E-state index contributed by atoms with van der Waals surface area (Å²) < 4.78 is 0. The van der Waals surface area contributed by atoms with Gasteiger partial charge in [0.15, 0.2) is 0 Å². The number of fused-ring (bicyclic) bond motifs is 1. The average molecular weight is 299 g/mol. The summed E-state index contributed by atoms with van der Waals surface area (Å²) in [5.41, 5.74) is 1.81. The highest BCUT2D eigenvalue weighted by atomic mass is 35.5. The molecule has 0 aliphatic carbocycles. The van der Waals surface area contributed by atoms with E-state index in [2.05, 4.69) is 10.3 Å². The quantitative estimate of drug-likeness (QED) is 0.706. The Hall–Kier alpha value is -2.59. The van der Waals surface area contributed by atoms with Gasteiger partial charge in [0.1, 0.15) is 5.75 Å². The summed E-state index contributed by atoms with van der Waals surface area (Å²) in [6, 6.07) is 13.5. The number of benzene rings is 2. The summed E-state index contributed by atoms with van der Waals surface area (Å²) in [6.07, 6.45) is 1.68. The zero-order valence-corrected chi connectivity index (χ0v) is 11.6. The molecule has 0 fully saturated rings. The third kappa shape index (κ3) is 2.66. The second-order valence-corrected chi connectivity index (χ2v) is 4.90. The Morgan fingerprint density at radius 1 is 1.14 bits per heavy atom. The number of aromatic nitrogens is 1. The maximum absolute atomic E-state index is 12.4. The Bertz CT molecular complexity index is 828. The van der Waals surface area contributed by atoms with Crippen molar-refractivity contribution in [2.45, 2.75) is 0 Å². The van der Waals surface area contributed by atoms with Crippen molar-refractivity contribution in [2.24, 2.45) is 0 Å². The number of amides is 1. The predicted octanol–water partition coefficient (Wildman–Crippen LogP) is 3.85. The monoisotopic (exact) mass is 298 g/mol. The van der Waals surface area contributed by atoms with Crippen molar-refractivity contribution in [3.05, 3.63) is 65.3 Å². The first-order valence-electron chi connectivity index (χ1n) is 6.29. The number of rotatable bonds is 2. The number of nitrogens with zero attached hydrogens (tertiary/aromatic N) is 1. The summed E-state index contributed by atoms with van der Waals surface area (Å²) in [6.45, 7) is 0. The number of halogens is 1. The van der Waals surface area contributed by atoms with E-state index >= 15 is 0 Å². The van der Waals surface area contributed by atoms with Gasteiger partial charge in [-0.2, -0.15) is 0 Å². The van der Waals surface area contributed by atoms with Crippen LogP contribution >= 0.6 is 11.6 Å². The second kappa shape index (κ2) is 5.42. The van der Waals surface area contributed by atoms with Gasteiger partial charge in [-0.25, -0.2) is 0 Å². The third-order valence-corrected chi connectivity index (χ3v) is 3.40. The molecule has 3 aromatic rings. The fraction of sp³-hybridized carbons (Fsp3) is 0. The molecule has 1 heterocycles. The number of hydrogen-bond donors (Lipinski definition) is 2. The average Bonchev–Trinajstić information content (AvgIpc) is 2.50. The van der Waals surface area contributed by atoms with Gasteiger partial charge in [0, 0.05) is 22.8 Å². The highest BCUT2D eigenvalue weighted by Crippen LogP contribution is 2.26. The number of anilines is 1. The van der Waals surface area contributed by atoms with E-state index in [0.29, 0.717) is 11.3 Å². The smallest absolute Gasteiger partial charge is 0.256 e. The predicted molar refractivity (Wildman–Crippen MR) is 82.8 cm³/mol. The van der Waals surface area contributed by atoms with Crippen LogP contribution in [0.2, 0.25) is 5.02 Å². The summed E-state index contributed by atoms with van der Waals surface area (Å²) in [7, 11) is 0. The number of phenolic OH excluding ortho intramolecular Hbond substituents is 1. The van der Waals surface area contributed by atoms with Gasteiger partial charge in [-0.3, -0.25) is 9.78 Å². The minimum atomic E-state index is -0.254. The first-order chi connectivity index (χ1) is 10.1. The van der Waals surface area contributed by atoms with Crippen LogP contribution in [0.5, 0.6) is 5.75 Å². The first-order valence-corrected chi connectivity index (χ1v) is 6.66. The molecule has 3 rings (SSSR count). The number of phenols is 1. The Morgan fingerprint density at radius 3 is 2.81 bits per heavy atom. The molecule has 1 amide bonds. The van der Waals surface area contributed by atoms with Crippen LogP contribution in [-0.4, -0.2) is 16.0 Å². The van der Waals surface area contributed by atoms with Crippen molar-refractivity contribution in [3.63, 3.8) is 0 Å². The van der Waals surface area contributed by atoms with Crippen LogP contribution in [-0.2, 0) is 0 Å². The molecule has 0 unspecified atom stereocenters. The molecule has 0 bridgehead atoms. The minimum Gasteiger partial charge on any atom is -0.506 e. The molecule has 0 radical (unpaired) electrons. The highest BCUT2D eigenvalue weighted by Gasteiger charge is 2.11. The SMILES string of the molecule is O=C(Nc1ccc(O)c(Cl)c1)c1cccc2ncccc12. The molecular weight excluding hydrogens is 288 g/mol. The molecule has 2 aromatic carbocycles. The molecule has 2 N–H and O–H groups in total. The lowest BCUT2D eigenvalue weighted by Crippen LogP contribution is -2.12. The van der Waals surface area contributed by atoms with E-state index in [-0.39, 0.29) is 16.7 Å². The largest absolute Gasteiger partial charge is 0.506 e. The molecule has 0 atom stereocenters. The van der Waals surface area contributed by atoms with Gasteiger partial charge in [0.05, 0.1) is 10.5 Å². The van der Waals surface area contributed by atoms with E-state index in [1.807, 2.05) is 12.1 Å². The molecular formula is C16H11ClN2O2. The van der Waals surface area contributed by atoms with Crippen molar-refractivity contribution >= 4 is 34.1 Å². The molecule has 0 aliphatic heterocycles. The third-order valence-electron chi connectivity index (χ3n) is 3.10. The highest BCUT2D eigenvalue weighted by molar-refractivity contribution is 6.32. The zero-order valence-electron chi connectivity index (χ0n) is 10.9. The van der Waals surface area contributed by atoms with Crippen molar-refractivity contribution < 1.29 is 9.90 Å². The van der Waals surface area contributed by atoms with Gasteiger partial charge in [-0.1, -0.05) is 23.7 Å². The number of pyridine rings is 1. The van der Waals surface area contributed by atoms with E-state index in [1.54, 1.807) is 30.5 Å². The van der Waals surface area contributed by atoms with E-state index in [0.717, 1.165) is 10.9 Å². The molecule has 0 saturated carbocycles. The van der Waals surface area contributed by atoms with Crippen LogP contribution in [0.25, 0.3) is 10.9 Å². The Kier molecular flexibility index (Phi) is 3.46. The number of nitrogens with one attached hydrogen (secondary N) is 1. The molecule has 0 aliphatic rings. The Morgan fingerprint density at radius 2 is 2.00 bits per heavy atom. The lowest BCUT2D eigenvalue weighted by atomic mass is 10.1. The molecule has 0 saturated heterocycles. The topological polar surface area (TPSA) is 62.2 Å². The van der Waals surface area contributed by atoms with Crippen LogP contribution in [0.1, 0.15) is 10.4 Å². The zero-order chi connectivity index (χ0) is 14.8. The molecule has 4 nitrogen and oxygen atoms in total. The fourth-order valence-corrected chi connectivity index (χ4v) is 2.26. The van der Waals surface area contributed by atoms with Crippen molar-refractivity contribution in [1.82, 2.24) is 4.98 Å². The van der Waals surface area contributed by atoms with Crippen LogP contribution in [0.3, 0.4) is 0 Å². The minimum absolute atomic E-state index is 0.0240. The van der Waals surface area contributed by atoms with E-state index < -0.39 is 0 Å². The standard InChI is InChI=1S/C16H11ClN2O2/c17-13-9-10(6-7-15(13)20)19-16(21)12-3-1-5-14-11(12)4-2-8-18-14/h1-9,20H,(H,19,21). The van der Waals surface area contributed by atoms with Crippen molar-refractivity contribution in [3.8, 4) is 5.75 Å². The lowest BCUT2D eigenvalue weighted by molar-refractivity contribution is 0.102. The second-order valence-electron chi connectivity index (χ2n) is 4.50. The Balaban J connectivity index is 1.95. The molecule has 104 valence electrons. The summed E-state index contributed by atoms with van der Waals surface area (Å²) in [5.74, 6) is -0.278. The van der Waals surface area contributed by atoms with Gasteiger partial charge in [-0.05, 0) is 36.4 Å². The fourth-order valence-electron chi connectivity index (χ4n) is 2.08. The van der Waals surface area contributed by atoms with E-state index in [1.165, 1.54) is 12.1 Å². The Labute approximate surface area is 126 Å². The van der Waals surface area contributed by atoms with E-state index in [4.69, 9.17) is 11.6 Å². The molecule has 21 heavy (non-hydrogen) atoms. The summed E-state index contributed by atoms with van der Waals surface area (Å²) in [5, 5.41) is 13.1. The van der Waals surface area contributed by atoms with Crippen molar-refractivity contribution in [2.75, 3.05) is 5.32 Å². The number of carbonyl (C=O) groups is 1. The van der Waals surface area contributed by atoms with Gasteiger partial charge in [0.25, 0.3) is 5.91 Å². The lowest BCUT2D eigenvalue weighted by Gasteiger charge is -2.08. The molecule has 1 aromatic heterocycles. The summed E-state index contributed by atoms with van der Waals surface area (Å²) >= 11 is 5.83.